The van der Waals surface area contributed by atoms with Crippen LogP contribution in [0.2, 0.25) is 0 Å². The minimum atomic E-state index is -0.440. The molecule has 0 saturated carbocycles. The molecule has 1 aromatic carbocycles. The van der Waals surface area contributed by atoms with Crippen LogP contribution in [0.1, 0.15) is 37.5 Å². The number of nitrogens with zero attached hydrogens (tertiary/aromatic N) is 3. The molecule has 162 valence electrons. The lowest BCUT2D eigenvalue weighted by Crippen LogP contribution is -2.49. The largest absolute Gasteiger partial charge is 0.444 e. The van der Waals surface area contributed by atoms with Gasteiger partial charge in [0.15, 0.2) is 0 Å². The van der Waals surface area contributed by atoms with Crippen molar-refractivity contribution in [1.82, 2.24) is 15.1 Å². The number of carbonyl (C=O) groups is 1. The molecule has 1 amide bonds. The molecule has 1 aromatic rings. The van der Waals surface area contributed by atoms with E-state index in [0.717, 1.165) is 58.9 Å². The third-order valence-electron chi connectivity index (χ3n) is 5.71. The summed E-state index contributed by atoms with van der Waals surface area (Å²) in [6, 6.07) is 2.40. The molecule has 6 nitrogen and oxygen atoms in total. The van der Waals surface area contributed by atoms with Crippen LogP contribution in [0.4, 0.5) is 10.5 Å². The Morgan fingerprint density at radius 3 is 2.28 bits per heavy atom. The Bertz CT molecular complexity index is 733. The van der Waals surface area contributed by atoms with E-state index in [1.165, 1.54) is 25.9 Å². The summed E-state index contributed by atoms with van der Waals surface area (Å²) >= 11 is 2.50. The van der Waals surface area contributed by atoms with Crippen molar-refractivity contribution in [1.29, 1.82) is 0 Å². The summed E-state index contributed by atoms with van der Waals surface area (Å²) in [4.78, 5) is 19.1. The molecule has 2 saturated heterocycles. The lowest BCUT2D eigenvalue weighted by atomic mass is 10.0. The molecule has 0 spiro atoms. The van der Waals surface area contributed by atoms with Crippen molar-refractivity contribution in [3.63, 3.8) is 0 Å². The van der Waals surface area contributed by atoms with Crippen molar-refractivity contribution in [3.8, 4) is 0 Å². The van der Waals surface area contributed by atoms with E-state index in [2.05, 4.69) is 57.6 Å². The molecule has 2 fully saturated rings. The smallest absolute Gasteiger partial charge is 0.410 e. The number of amides is 1. The van der Waals surface area contributed by atoms with Crippen LogP contribution in [0.3, 0.4) is 0 Å². The fourth-order valence-corrected chi connectivity index (χ4v) is 4.59. The van der Waals surface area contributed by atoms with E-state index in [1.807, 2.05) is 25.7 Å². The van der Waals surface area contributed by atoms with Gasteiger partial charge in [0.2, 0.25) is 0 Å². The number of carbonyl (C=O) groups excluding carboxylic acids is 1. The van der Waals surface area contributed by atoms with Crippen molar-refractivity contribution in [3.05, 3.63) is 26.3 Å². The van der Waals surface area contributed by atoms with Crippen LogP contribution >= 0.6 is 22.6 Å². The van der Waals surface area contributed by atoms with E-state index in [4.69, 9.17) is 4.74 Å². The molecule has 3 rings (SSSR count). The number of piperazine rings is 2. The van der Waals surface area contributed by atoms with Gasteiger partial charge in [-0.25, -0.2) is 4.79 Å². The fourth-order valence-electron chi connectivity index (χ4n) is 3.97. The molecule has 2 heterocycles. The second-order valence-corrected chi connectivity index (χ2v) is 10.2. The van der Waals surface area contributed by atoms with Gasteiger partial charge in [-0.1, -0.05) is 0 Å². The maximum Gasteiger partial charge on any atom is 0.410 e. The molecule has 1 N–H and O–H groups in total. The Labute approximate surface area is 189 Å². The van der Waals surface area contributed by atoms with Crippen LogP contribution in [0, 0.1) is 17.4 Å². The van der Waals surface area contributed by atoms with E-state index < -0.39 is 5.60 Å². The second kappa shape index (κ2) is 9.39. The normalized spacial score (nSPS) is 18.8. The van der Waals surface area contributed by atoms with Crippen molar-refractivity contribution >= 4 is 34.4 Å². The molecule has 0 unspecified atom stereocenters. The molecule has 0 atom stereocenters. The maximum atomic E-state index is 12.3. The summed E-state index contributed by atoms with van der Waals surface area (Å²) < 4.78 is 6.89. The molecule has 0 aromatic heterocycles. The van der Waals surface area contributed by atoms with Crippen molar-refractivity contribution in [2.24, 2.45) is 0 Å². The molecule has 2 aliphatic heterocycles. The number of rotatable bonds is 3. The van der Waals surface area contributed by atoms with E-state index in [9.17, 15) is 4.79 Å². The topological polar surface area (TPSA) is 48.1 Å². The average molecular weight is 514 g/mol. The highest BCUT2D eigenvalue weighted by Gasteiger charge is 2.26. The minimum absolute atomic E-state index is 0.195. The predicted octanol–water partition coefficient (Wildman–Crippen LogP) is 3.37. The number of benzene rings is 1. The van der Waals surface area contributed by atoms with E-state index in [0.29, 0.717) is 0 Å². The molecule has 0 bridgehead atoms. The Morgan fingerprint density at radius 1 is 1.07 bits per heavy atom. The summed E-state index contributed by atoms with van der Waals surface area (Å²) in [5, 5.41) is 3.44. The summed E-state index contributed by atoms with van der Waals surface area (Å²) in [6.07, 6.45) is -0.195. The molecular weight excluding hydrogens is 479 g/mol. The quantitative estimate of drug-likeness (QED) is 0.628. The number of halogens is 1. The Balaban J connectivity index is 1.66. The van der Waals surface area contributed by atoms with E-state index >= 15 is 0 Å². The number of ether oxygens (including phenoxy) is 1. The maximum absolute atomic E-state index is 12.3. The molecule has 2 aliphatic rings. The van der Waals surface area contributed by atoms with Gasteiger partial charge in [0.05, 0.1) is 0 Å². The fraction of sp³-hybridized carbons (Fsp3) is 0.682. The summed E-state index contributed by atoms with van der Waals surface area (Å²) in [6.45, 7) is 18.6. The first-order valence-electron chi connectivity index (χ1n) is 10.6. The number of hydrogen-bond acceptors (Lipinski definition) is 5. The van der Waals surface area contributed by atoms with E-state index in [1.54, 1.807) is 0 Å². The molecular formula is C22H35IN4O2. The Hall–Kier alpha value is -1.06. The zero-order valence-corrected chi connectivity index (χ0v) is 20.6. The van der Waals surface area contributed by atoms with Crippen molar-refractivity contribution in [2.75, 3.05) is 57.3 Å². The number of nitrogens with one attached hydrogen (secondary N) is 1. The average Bonchev–Trinajstić information content (AvgIpc) is 2.68. The number of anilines is 1. The third kappa shape index (κ3) is 5.76. The number of hydrogen-bond donors (Lipinski definition) is 1. The SMILES string of the molecule is Cc1c(CN2CCN(C(=O)OC(C)(C)C)CC2)cc(N2CCNCC2)c(C)c1I. The van der Waals surface area contributed by atoms with Crippen LogP contribution in [-0.4, -0.2) is 73.9 Å². The Morgan fingerprint density at radius 2 is 1.69 bits per heavy atom. The van der Waals surface area contributed by atoms with Crippen LogP contribution in [0.15, 0.2) is 6.07 Å². The van der Waals surface area contributed by atoms with Gasteiger partial charge in [-0.3, -0.25) is 4.90 Å². The van der Waals surface area contributed by atoms with Gasteiger partial charge in [-0.2, -0.15) is 0 Å². The van der Waals surface area contributed by atoms with Gasteiger partial charge in [0.1, 0.15) is 5.60 Å². The zero-order chi connectivity index (χ0) is 21.2. The van der Waals surface area contributed by atoms with Gasteiger partial charge in [0, 0.05) is 68.2 Å². The van der Waals surface area contributed by atoms with Crippen LogP contribution < -0.4 is 10.2 Å². The lowest BCUT2D eigenvalue weighted by Gasteiger charge is -2.36. The first-order chi connectivity index (χ1) is 13.7. The minimum Gasteiger partial charge on any atom is -0.444 e. The zero-order valence-electron chi connectivity index (χ0n) is 18.5. The van der Waals surface area contributed by atoms with Gasteiger partial charge in [0.25, 0.3) is 0 Å². The van der Waals surface area contributed by atoms with Crippen LogP contribution in [0.25, 0.3) is 0 Å². The molecule has 0 aliphatic carbocycles. The second-order valence-electron chi connectivity index (χ2n) is 9.10. The summed E-state index contributed by atoms with van der Waals surface area (Å²) in [5.41, 5.74) is 5.12. The summed E-state index contributed by atoms with van der Waals surface area (Å²) in [7, 11) is 0. The standard InChI is InChI=1S/C22H35IN4O2/c1-16-18(14-19(17(2)20(16)23)26-8-6-24-7-9-26)15-25-10-12-27(13-11-25)21(28)29-22(3,4)5/h14,24H,6-13,15H2,1-5H3. The highest BCUT2D eigenvalue weighted by Crippen LogP contribution is 2.31. The Kier molecular flexibility index (Phi) is 7.32. The van der Waals surface area contributed by atoms with Gasteiger partial charge < -0.3 is 19.9 Å². The van der Waals surface area contributed by atoms with Gasteiger partial charge in [-0.05, 0) is 80.0 Å². The summed E-state index contributed by atoms with van der Waals surface area (Å²) in [5.74, 6) is 0. The monoisotopic (exact) mass is 514 g/mol. The predicted molar refractivity (Wildman–Crippen MR) is 127 cm³/mol. The van der Waals surface area contributed by atoms with Gasteiger partial charge in [-0.15, -0.1) is 0 Å². The van der Waals surface area contributed by atoms with Crippen LogP contribution in [0.5, 0.6) is 0 Å². The van der Waals surface area contributed by atoms with E-state index in [-0.39, 0.29) is 6.09 Å². The lowest BCUT2D eigenvalue weighted by molar-refractivity contribution is 0.0139. The van der Waals surface area contributed by atoms with Gasteiger partial charge >= 0.3 is 6.09 Å². The first-order valence-corrected chi connectivity index (χ1v) is 11.7. The van der Waals surface area contributed by atoms with Crippen molar-refractivity contribution in [2.45, 2.75) is 46.8 Å². The third-order valence-corrected chi connectivity index (χ3v) is 7.33. The van der Waals surface area contributed by atoms with Crippen LogP contribution in [-0.2, 0) is 11.3 Å². The molecule has 29 heavy (non-hydrogen) atoms. The first kappa shape index (κ1) is 22.6. The highest BCUT2D eigenvalue weighted by atomic mass is 127. The highest BCUT2D eigenvalue weighted by molar-refractivity contribution is 14.1. The molecule has 7 heteroatoms. The molecule has 0 radical (unpaired) electrons. The van der Waals surface area contributed by atoms with Crippen molar-refractivity contribution < 1.29 is 9.53 Å².